The number of hydrogen-bond donors (Lipinski definition) is 1. The van der Waals surface area contributed by atoms with Crippen molar-refractivity contribution in [2.75, 3.05) is 0 Å². The molecular weight excluding hydrogens is 192 g/mol. The van der Waals surface area contributed by atoms with Crippen molar-refractivity contribution in [3.63, 3.8) is 0 Å². The molecule has 0 amide bonds. The predicted octanol–water partition coefficient (Wildman–Crippen LogP) is 2.47. The van der Waals surface area contributed by atoms with Gasteiger partial charge in [-0.25, -0.2) is 0 Å². The SMILES string of the molecule is CC1(O)C=CC(C)(O[Si](C)(C)C)C=C1. The van der Waals surface area contributed by atoms with Crippen LogP contribution >= 0.6 is 0 Å². The molecule has 14 heavy (non-hydrogen) atoms. The molecule has 0 radical (unpaired) electrons. The van der Waals surface area contributed by atoms with Crippen LogP contribution in [-0.2, 0) is 4.43 Å². The van der Waals surface area contributed by atoms with Gasteiger partial charge in [0.15, 0.2) is 8.32 Å². The maximum atomic E-state index is 9.69. The average Bonchev–Trinajstić information content (AvgIpc) is 1.93. The van der Waals surface area contributed by atoms with Gasteiger partial charge in [-0.15, -0.1) is 0 Å². The van der Waals surface area contributed by atoms with Crippen LogP contribution in [0, 0.1) is 0 Å². The second-order valence-electron chi connectivity index (χ2n) is 5.29. The van der Waals surface area contributed by atoms with E-state index in [2.05, 4.69) is 19.6 Å². The van der Waals surface area contributed by atoms with Crippen LogP contribution in [0.5, 0.6) is 0 Å². The second-order valence-corrected chi connectivity index (χ2v) is 9.72. The third-order valence-electron chi connectivity index (χ3n) is 2.03. The molecule has 3 heteroatoms. The van der Waals surface area contributed by atoms with E-state index in [0.29, 0.717) is 0 Å². The molecule has 0 saturated carbocycles. The first kappa shape index (κ1) is 11.7. The summed E-state index contributed by atoms with van der Waals surface area (Å²) < 4.78 is 6.01. The molecule has 1 N–H and O–H groups in total. The van der Waals surface area contributed by atoms with Crippen LogP contribution < -0.4 is 0 Å². The highest BCUT2D eigenvalue weighted by Gasteiger charge is 2.31. The van der Waals surface area contributed by atoms with E-state index in [0.717, 1.165) is 0 Å². The lowest BCUT2D eigenvalue weighted by Gasteiger charge is -2.35. The van der Waals surface area contributed by atoms with E-state index in [9.17, 15) is 5.11 Å². The Bertz CT molecular complexity index is 256. The smallest absolute Gasteiger partial charge is 0.185 e. The summed E-state index contributed by atoms with van der Waals surface area (Å²) in [5.41, 5.74) is -1.16. The fourth-order valence-corrected chi connectivity index (χ4v) is 2.96. The molecule has 80 valence electrons. The van der Waals surface area contributed by atoms with E-state index >= 15 is 0 Å². The summed E-state index contributed by atoms with van der Waals surface area (Å²) in [7, 11) is -1.55. The number of aliphatic hydroxyl groups is 1. The van der Waals surface area contributed by atoms with E-state index in [1.54, 1.807) is 19.1 Å². The molecule has 0 bridgehead atoms. The minimum Gasteiger partial charge on any atom is -0.406 e. The zero-order valence-electron chi connectivity index (χ0n) is 9.66. The first-order valence-corrected chi connectivity index (χ1v) is 8.36. The molecule has 0 aromatic carbocycles. The van der Waals surface area contributed by atoms with Crippen LogP contribution in [0.1, 0.15) is 13.8 Å². The van der Waals surface area contributed by atoms with E-state index < -0.39 is 13.9 Å². The average molecular weight is 212 g/mol. The lowest BCUT2D eigenvalue weighted by molar-refractivity contribution is 0.137. The Morgan fingerprint density at radius 3 is 1.79 bits per heavy atom. The van der Waals surface area contributed by atoms with Gasteiger partial charge < -0.3 is 9.53 Å². The highest BCUT2D eigenvalue weighted by molar-refractivity contribution is 6.69. The zero-order chi connectivity index (χ0) is 11.0. The summed E-state index contributed by atoms with van der Waals surface area (Å²) in [5.74, 6) is 0. The molecule has 1 aliphatic carbocycles. The largest absolute Gasteiger partial charge is 0.406 e. The quantitative estimate of drug-likeness (QED) is 0.563. The van der Waals surface area contributed by atoms with Crippen molar-refractivity contribution in [3.8, 4) is 0 Å². The normalized spacial score (nSPS) is 37.6. The fourth-order valence-electron chi connectivity index (χ4n) is 1.51. The molecule has 2 nitrogen and oxygen atoms in total. The van der Waals surface area contributed by atoms with Crippen molar-refractivity contribution in [2.45, 2.75) is 44.7 Å². The first-order valence-electron chi connectivity index (χ1n) is 4.95. The van der Waals surface area contributed by atoms with E-state index in [4.69, 9.17) is 4.43 Å². The van der Waals surface area contributed by atoms with Crippen LogP contribution in [0.2, 0.25) is 19.6 Å². The van der Waals surface area contributed by atoms with Gasteiger partial charge in [-0.1, -0.05) is 24.3 Å². The van der Waals surface area contributed by atoms with E-state index in [1.165, 1.54) is 0 Å². The molecule has 0 aromatic rings. The molecule has 0 fully saturated rings. The molecule has 0 aromatic heterocycles. The Kier molecular flexibility index (Phi) is 2.78. The van der Waals surface area contributed by atoms with Crippen molar-refractivity contribution in [3.05, 3.63) is 24.3 Å². The van der Waals surface area contributed by atoms with Gasteiger partial charge in [-0.3, -0.25) is 0 Å². The van der Waals surface area contributed by atoms with Gasteiger partial charge in [0, 0.05) is 0 Å². The van der Waals surface area contributed by atoms with Gasteiger partial charge in [-0.2, -0.15) is 0 Å². The van der Waals surface area contributed by atoms with Crippen LogP contribution in [0.4, 0.5) is 0 Å². The van der Waals surface area contributed by atoms with Crippen molar-refractivity contribution < 1.29 is 9.53 Å². The Hall–Kier alpha value is -0.383. The van der Waals surface area contributed by atoms with E-state index in [1.807, 2.05) is 19.1 Å². The zero-order valence-corrected chi connectivity index (χ0v) is 10.7. The summed E-state index contributed by atoms with van der Waals surface area (Å²) in [5, 5.41) is 9.69. The summed E-state index contributed by atoms with van der Waals surface area (Å²) in [6, 6.07) is 0. The molecule has 0 unspecified atom stereocenters. The van der Waals surface area contributed by atoms with Crippen LogP contribution in [-0.4, -0.2) is 24.6 Å². The van der Waals surface area contributed by atoms with Gasteiger partial charge in [0.05, 0.1) is 11.2 Å². The Balaban J connectivity index is 2.77. The Morgan fingerprint density at radius 2 is 1.43 bits per heavy atom. The molecule has 0 aliphatic heterocycles. The topological polar surface area (TPSA) is 29.5 Å². The minimum atomic E-state index is -1.55. The second kappa shape index (κ2) is 3.33. The van der Waals surface area contributed by atoms with Crippen molar-refractivity contribution in [1.29, 1.82) is 0 Å². The Labute approximate surface area is 87.4 Å². The molecule has 0 atom stereocenters. The fraction of sp³-hybridized carbons (Fsp3) is 0.636. The van der Waals surface area contributed by atoms with Crippen LogP contribution in [0.25, 0.3) is 0 Å². The maximum Gasteiger partial charge on any atom is 0.185 e. The van der Waals surface area contributed by atoms with E-state index in [-0.39, 0.29) is 5.60 Å². The summed E-state index contributed by atoms with van der Waals surface area (Å²) >= 11 is 0. The lowest BCUT2D eigenvalue weighted by Crippen LogP contribution is -2.40. The van der Waals surface area contributed by atoms with Crippen LogP contribution in [0.3, 0.4) is 0 Å². The molecule has 1 aliphatic rings. The standard InChI is InChI=1S/C11H20O2Si/c1-10(12)6-8-11(2,9-7-10)13-14(3,4)5/h6-9,12H,1-5H3. The highest BCUT2D eigenvalue weighted by atomic mass is 28.4. The highest BCUT2D eigenvalue weighted by Crippen LogP contribution is 2.27. The van der Waals surface area contributed by atoms with Gasteiger partial charge in [0.1, 0.15) is 0 Å². The number of hydrogen-bond acceptors (Lipinski definition) is 2. The van der Waals surface area contributed by atoms with Crippen molar-refractivity contribution in [2.24, 2.45) is 0 Å². The third-order valence-corrected chi connectivity index (χ3v) is 3.08. The predicted molar refractivity (Wildman–Crippen MR) is 61.7 cm³/mol. The number of rotatable bonds is 2. The summed E-state index contributed by atoms with van der Waals surface area (Å²) in [6.07, 6.45) is 7.44. The van der Waals surface area contributed by atoms with Gasteiger partial charge in [0.2, 0.25) is 0 Å². The molecule has 0 heterocycles. The monoisotopic (exact) mass is 212 g/mol. The molecule has 0 spiro atoms. The molecule has 1 rings (SSSR count). The van der Waals surface area contributed by atoms with Crippen molar-refractivity contribution in [1.82, 2.24) is 0 Å². The first-order chi connectivity index (χ1) is 6.12. The lowest BCUT2D eigenvalue weighted by atomic mass is 9.92. The maximum absolute atomic E-state index is 9.69. The summed E-state index contributed by atoms with van der Waals surface area (Å²) in [4.78, 5) is 0. The summed E-state index contributed by atoms with van der Waals surface area (Å²) in [6.45, 7) is 10.3. The van der Waals surface area contributed by atoms with Gasteiger partial charge in [0.25, 0.3) is 0 Å². The Morgan fingerprint density at radius 1 is 1.00 bits per heavy atom. The third kappa shape index (κ3) is 3.40. The molecular formula is C11H20O2Si. The minimum absolute atomic E-state index is 0.341. The van der Waals surface area contributed by atoms with Gasteiger partial charge in [-0.05, 0) is 33.5 Å². The van der Waals surface area contributed by atoms with Crippen molar-refractivity contribution >= 4 is 8.32 Å². The van der Waals surface area contributed by atoms with Crippen LogP contribution in [0.15, 0.2) is 24.3 Å². The van der Waals surface area contributed by atoms with Gasteiger partial charge >= 0.3 is 0 Å². The molecule has 0 saturated heterocycles.